The van der Waals surface area contributed by atoms with Gasteiger partial charge in [-0.1, -0.05) is 0 Å². The van der Waals surface area contributed by atoms with E-state index in [1.54, 1.807) is 12.3 Å². The average Bonchev–Trinajstić information content (AvgIpc) is 3.20. The van der Waals surface area contributed by atoms with Crippen molar-refractivity contribution in [3.8, 4) is 11.6 Å². The van der Waals surface area contributed by atoms with E-state index < -0.39 is 35.5 Å². The molecule has 0 saturated carbocycles. The minimum absolute atomic E-state index is 0.0351. The lowest BCUT2D eigenvalue weighted by atomic mass is 10.0. The van der Waals surface area contributed by atoms with Gasteiger partial charge in [-0.25, -0.2) is 17.9 Å². The summed E-state index contributed by atoms with van der Waals surface area (Å²) in [7, 11) is 0. The van der Waals surface area contributed by atoms with Gasteiger partial charge in [-0.2, -0.15) is 18.2 Å². The number of hydrogen-bond acceptors (Lipinski definition) is 5. The van der Waals surface area contributed by atoms with Crippen LogP contribution in [0.1, 0.15) is 17.2 Å². The van der Waals surface area contributed by atoms with Crippen LogP contribution in [0.15, 0.2) is 18.2 Å². The Balaban J connectivity index is 1.59. The van der Waals surface area contributed by atoms with Gasteiger partial charge in [-0.15, -0.1) is 15.3 Å². The molecule has 3 heterocycles. The number of benzene rings is 1. The fraction of sp³-hybridized carbons (Fsp3) is 0.294. The Labute approximate surface area is 164 Å². The fourth-order valence-corrected chi connectivity index (χ4v) is 3.09. The molecule has 2 aromatic heterocycles. The molecule has 3 aromatic rings. The van der Waals surface area contributed by atoms with Gasteiger partial charge in [0.25, 0.3) is 5.82 Å². The van der Waals surface area contributed by atoms with Gasteiger partial charge in [0.05, 0.1) is 6.54 Å². The summed E-state index contributed by atoms with van der Waals surface area (Å²) in [6, 6.07) is 0.419. The maximum atomic E-state index is 13.8. The number of hydrogen-bond donors (Lipinski definition) is 1. The molecule has 0 spiro atoms. The number of nitrogens with two attached hydrogens (primary N) is 1. The zero-order chi connectivity index (χ0) is 21.6. The van der Waals surface area contributed by atoms with Crippen molar-refractivity contribution in [2.45, 2.75) is 31.6 Å². The minimum atomic E-state index is -4.71. The summed E-state index contributed by atoms with van der Waals surface area (Å²) in [5, 5.41) is 11.3. The van der Waals surface area contributed by atoms with Crippen molar-refractivity contribution in [2.24, 2.45) is 5.73 Å². The molecule has 1 unspecified atom stereocenters. The molecule has 0 bridgehead atoms. The van der Waals surface area contributed by atoms with E-state index in [1.165, 1.54) is 4.57 Å². The molecule has 0 aliphatic carbocycles. The van der Waals surface area contributed by atoms with Crippen molar-refractivity contribution in [3.05, 3.63) is 52.9 Å². The van der Waals surface area contributed by atoms with E-state index in [0.717, 1.165) is 10.7 Å². The number of allylic oxidation sites excluding steroid dienone is 1. The first kappa shape index (κ1) is 20.1. The van der Waals surface area contributed by atoms with Gasteiger partial charge >= 0.3 is 6.18 Å². The van der Waals surface area contributed by atoms with E-state index >= 15 is 0 Å². The summed E-state index contributed by atoms with van der Waals surface area (Å²) in [4.78, 5) is 3.52. The van der Waals surface area contributed by atoms with Crippen molar-refractivity contribution >= 4 is 6.20 Å². The predicted molar refractivity (Wildman–Crippen MR) is 91.1 cm³/mol. The van der Waals surface area contributed by atoms with E-state index in [4.69, 9.17) is 5.73 Å². The van der Waals surface area contributed by atoms with Gasteiger partial charge < -0.3 is 5.73 Å². The van der Waals surface area contributed by atoms with E-state index in [2.05, 4.69) is 20.3 Å². The third-order valence-corrected chi connectivity index (χ3v) is 4.44. The van der Waals surface area contributed by atoms with Gasteiger partial charge in [-0.3, -0.25) is 4.57 Å². The minimum Gasteiger partial charge on any atom is -0.327 e. The summed E-state index contributed by atoms with van der Waals surface area (Å²) < 4.78 is 81.5. The molecule has 2 N–H and O–H groups in total. The fourth-order valence-electron chi connectivity index (χ4n) is 3.09. The van der Waals surface area contributed by atoms with Crippen LogP contribution < -0.4 is 5.73 Å². The van der Waals surface area contributed by atoms with Crippen LogP contribution in [0.3, 0.4) is 0 Å². The average molecular weight is 429 g/mol. The van der Waals surface area contributed by atoms with Crippen LogP contribution in [0.5, 0.6) is 0 Å². The van der Waals surface area contributed by atoms with Crippen molar-refractivity contribution in [2.75, 3.05) is 0 Å². The van der Waals surface area contributed by atoms with Crippen molar-refractivity contribution < 1.29 is 26.3 Å². The number of nitrogens with zero attached hydrogens (tertiary/aromatic N) is 6. The van der Waals surface area contributed by atoms with E-state index in [0.29, 0.717) is 6.07 Å². The van der Waals surface area contributed by atoms with Crippen LogP contribution in [-0.2, 0) is 25.6 Å². The molecule has 13 heteroatoms. The third-order valence-electron chi connectivity index (χ3n) is 4.44. The van der Waals surface area contributed by atoms with Crippen LogP contribution in [0.4, 0.5) is 26.3 Å². The third kappa shape index (κ3) is 3.67. The quantitative estimate of drug-likeness (QED) is 0.509. The number of rotatable bonds is 4. The summed E-state index contributed by atoms with van der Waals surface area (Å²) in [5.41, 5.74) is 5.90. The molecule has 1 aliphatic rings. The Morgan fingerprint density at radius 3 is 2.47 bits per heavy atom. The highest BCUT2D eigenvalue weighted by molar-refractivity contribution is 5.51. The smallest absolute Gasteiger partial charge is 0.327 e. The Hall–Kier alpha value is -3.22. The molecule has 4 rings (SSSR count). The molecule has 1 atom stereocenters. The Morgan fingerprint density at radius 1 is 1.00 bits per heavy atom. The lowest BCUT2D eigenvalue weighted by Crippen LogP contribution is -2.27. The number of aromatic nitrogens is 6. The highest BCUT2D eigenvalue weighted by atomic mass is 19.4. The van der Waals surface area contributed by atoms with Crippen LogP contribution in [0, 0.1) is 17.5 Å². The highest BCUT2D eigenvalue weighted by Crippen LogP contribution is 2.29. The molecule has 0 amide bonds. The molecule has 158 valence electrons. The first-order valence-corrected chi connectivity index (χ1v) is 8.65. The highest BCUT2D eigenvalue weighted by Gasteiger charge is 2.38. The Kier molecular flexibility index (Phi) is 4.84. The molecule has 0 radical (unpaired) electrons. The van der Waals surface area contributed by atoms with Gasteiger partial charge in [-0.05, 0) is 24.1 Å². The Morgan fingerprint density at radius 2 is 1.73 bits per heavy atom. The monoisotopic (exact) mass is 429 g/mol. The maximum absolute atomic E-state index is 13.8. The molecular formula is C17H13F6N7. The molecule has 0 fully saturated rings. The SMILES string of the molecule is NC(Cc1cc(F)c(F)cc1F)Cc1nnc2n1C=CCn1nc(C(F)(F)F)nc1-2. The zero-order valence-electron chi connectivity index (χ0n) is 15.0. The van der Waals surface area contributed by atoms with Crippen molar-refractivity contribution in [1.82, 2.24) is 29.5 Å². The molecular weight excluding hydrogens is 416 g/mol. The molecule has 1 aromatic carbocycles. The zero-order valence-corrected chi connectivity index (χ0v) is 15.0. The summed E-state index contributed by atoms with van der Waals surface area (Å²) in [6.45, 7) is 0.0351. The predicted octanol–water partition coefficient (Wildman–Crippen LogP) is 2.57. The van der Waals surface area contributed by atoms with Gasteiger partial charge in [0.1, 0.15) is 11.6 Å². The van der Waals surface area contributed by atoms with E-state index in [9.17, 15) is 26.3 Å². The molecule has 7 nitrogen and oxygen atoms in total. The van der Waals surface area contributed by atoms with E-state index in [-0.39, 0.29) is 42.4 Å². The van der Waals surface area contributed by atoms with Gasteiger partial charge in [0, 0.05) is 24.7 Å². The van der Waals surface area contributed by atoms with Crippen molar-refractivity contribution in [3.63, 3.8) is 0 Å². The normalized spacial score (nSPS) is 14.4. The summed E-state index contributed by atoms with van der Waals surface area (Å²) in [6.07, 6.45) is -1.71. The number of alkyl halides is 3. The largest absolute Gasteiger partial charge is 0.453 e. The van der Waals surface area contributed by atoms with Gasteiger partial charge in [0.15, 0.2) is 17.5 Å². The second-order valence-corrected chi connectivity index (χ2v) is 6.66. The lowest BCUT2D eigenvalue weighted by Gasteiger charge is -2.12. The van der Waals surface area contributed by atoms with Crippen molar-refractivity contribution in [1.29, 1.82) is 0 Å². The Bertz CT molecular complexity index is 1130. The van der Waals surface area contributed by atoms with Crippen LogP contribution >= 0.6 is 0 Å². The summed E-state index contributed by atoms with van der Waals surface area (Å²) in [5.74, 6) is -4.54. The maximum Gasteiger partial charge on any atom is 0.453 e. The van der Waals surface area contributed by atoms with Gasteiger partial charge in [0.2, 0.25) is 5.82 Å². The first-order chi connectivity index (χ1) is 14.1. The van der Waals surface area contributed by atoms with Crippen LogP contribution in [-0.4, -0.2) is 35.6 Å². The molecule has 30 heavy (non-hydrogen) atoms. The molecule has 0 saturated heterocycles. The second-order valence-electron chi connectivity index (χ2n) is 6.66. The standard InChI is InChI=1S/C17H13F6N7/c18-10-7-12(20)11(19)5-8(10)4-9(24)6-13-26-27-15-14-25-16(17(21,22)23)28-30(14)3-1-2-29(13)15/h1-2,5,7,9H,3-4,6,24H2. The van der Waals surface area contributed by atoms with E-state index in [1.807, 2.05) is 0 Å². The topological polar surface area (TPSA) is 87.4 Å². The van der Waals surface area contributed by atoms with Crippen LogP contribution in [0.25, 0.3) is 17.8 Å². The summed E-state index contributed by atoms with van der Waals surface area (Å²) >= 11 is 0. The molecule has 1 aliphatic heterocycles. The lowest BCUT2D eigenvalue weighted by molar-refractivity contribution is -0.144. The second kappa shape index (κ2) is 7.23. The van der Waals surface area contributed by atoms with Crippen LogP contribution in [0.2, 0.25) is 0 Å². The number of fused-ring (bicyclic) bond motifs is 3. The first-order valence-electron chi connectivity index (χ1n) is 8.65. The number of halogens is 6.